The molecular weight excluding hydrogens is 987 g/mol. The molecule has 9 aromatic rings. The van der Waals surface area contributed by atoms with E-state index in [9.17, 15) is 0 Å². The minimum absolute atomic E-state index is 0.524. The van der Waals surface area contributed by atoms with Gasteiger partial charge in [-0.05, 0) is 150 Å². The summed E-state index contributed by atoms with van der Waals surface area (Å²) in [5.74, 6) is 1.39. The van der Waals surface area contributed by atoms with Crippen LogP contribution in [0.1, 0.15) is 81.1 Å². The van der Waals surface area contributed by atoms with Crippen LogP contribution in [0, 0.1) is 0 Å². The summed E-state index contributed by atoms with van der Waals surface area (Å²) >= 11 is 3.45. The van der Waals surface area contributed by atoms with Crippen molar-refractivity contribution in [1.82, 2.24) is 50.3 Å². The number of allylic oxidation sites excluding steroid dienone is 8. The number of imidazole rings is 2. The SMILES string of the molecule is C=C/C(=C\C(=C/C)c1ccc(N)c(C(=C)c2nc3c(-c4ccsc4)cncc3[nH]2)c1)NC(=C)c1ccccc1.C=C/C(=C\C(=C/C)c1ccc2[nH]nc(-c3nc4c(/C(C)=C/SC(C)C)cncc4[nH]3)c2c1)CN1CCCC1. The normalized spacial score (nSPS) is 13.9. The zero-order chi connectivity index (χ0) is 54.0. The number of pyridine rings is 2. The number of nitrogens with zero attached hydrogens (tertiary/aromatic N) is 6. The Morgan fingerprint density at radius 1 is 0.805 bits per heavy atom. The Labute approximate surface area is 459 Å². The standard InChI is InChI=1S/C33H29N5S.C31H36N6S/c1-5-23(16-27(6-2)36-22(4)24-10-8-7-9-11-24)25-12-13-30(34)28(17-25)21(3)33-37-31-19-35-18-29(32(31)38-33)26-14-15-39-20-26;1-6-22(18-37-12-8-9-13-37)14-23(7-2)24-10-11-27-25(15-24)30(36-35-27)31-33-28-17-32-16-26(29(28)34-31)21(5)19-38-20(3)4/h5-20,36H,2-4,34H2,1H3,(H,37,38);6-7,10-11,14-17,19-20H,1,8-9,12-13,18H2,2-5H3,(H,33,34)(H,35,36)/b23-5+,27-16+;21-19+,22-14+,23-7+. The van der Waals surface area contributed by atoms with E-state index in [0.717, 1.165) is 113 Å². The second-order valence-electron chi connectivity index (χ2n) is 19.1. The van der Waals surface area contributed by atoms with Crippen LogP contribution >= 0.6 is 23.1 Å². The number of nitrogens with two attached hydrogens (primary N) is 1. The fourth-order valence-electron chi connectivity index (χ4n) is 9.27. The molecule has 0 bridgehead atoms. The van der Waals surface area contributed by atoms with Crippen molar-refractivity contribution in [2.75, 3.05) is 25.4 Å². The zero-order valence-electron chi connectivity index (χ0n) is 44.5. The molecule has 0 aliphatic carbocycles. The molecule has 77 heavy (non-hydrogen) atoms. The Morgan fingerprint density at radius 3 is 2.25 bits per heavy atom. The lowest BCUT2D eigenvalue weighted by atomic mass is 9.97. The number of nitrogen functional groups attached to an aromatic ring is 1. The summed E-state index contributed by atoms with van der Waals surface area (Å²) in [6.45, 7) is 30.5. The Balaban J connectivity index is 0.000000188. The lowest BCUT2D eigenvalue weighted by Gasteiger charge is -2.15. The van der Waals surface area contributed by atoms with E-state index in [1.165, 1.54) is 37.1 Å². The maximum absolute atomic E-state index is 6.44. The number of fused-ring (bicyclic) bond motifs is 3. The highest BCUT2D eigenvalue weighted by atomic mass is 32.2. The summed E-state index contributed by atoms with van der Waals surface area (Å²) in [5.41, 5.74) is 26.4. The smallest absolute Gasteiger partial charge is 0.159 e. The van der Waals surface area contributed by atoms with Gasteiger partial charge in [0.05, 0.1) is 40.0 Å². The van der Waals surface area contributed by atoms with E-state index in [-0.39, 0.29) is 0 Å². The first-order chi connectivity index (χ1) is 37.4. The average Bonchev–Trinajstić information content (AvgIpc) is 4.35. The minimum atomic E-state index is 0.524. The molecule has 7 heterocycles. The number of aromatic nitrogens is 8. The van der Waals surface area contributed by atoms with Crippen LogP contribution in [-0.2, 0) is 0 Å². The second-order valence-corrected chi connectivity index (χ2v) is 21.3. The molecule has 10 rings (SSSR count). The molecule has 6 N–H and O–H groups in total. The fourth-order valence-corrected chi connectivity index (χ4v) is 10.5. The fraction of sp³-hybridized carbons (Fsp3) is 0.172. The number of aromatic amines is 3. The van der Waals surface area contributed by atoms with Crippen LogP contribution in [0.3, 0.4) is 0 Å². The highest BCUT2D eigenvalue weighted by molar-refractivity contribution is 8.02. The number of hydrogen-bond donors (Lipinski definition) is 5. The Morgan fingerprint density at radius 2 is 1.53 bits per heavy atom. The topological polar surface area (TPSA) is 153 Å². The first kappa shape index (κ1) is 53.5. The summed E-state index contributed by atoms with van der Waals surface area (Å²) in [6, 6.07) is 24.4. The highest BCUT2D eigenvalue weighted by Gasteiger charge is 2.19. The summed E-state index contributed by atoms with van der Waals surface area (Å²) in [7, 11) is 0. The summed E-state index contributed by atoms with van der Waals surface area (Å²) < 4.78 is 0. The number of nitrogens with one attached hydrogen (secondary N) is 4. The Bertz CT molecular complexity index is 3780. The number of thiophene rings is 1. The van der Waals surface area contributed by atoms with E-state index in [1.807, 2.05) is 91.6 Å². The van der Waals surface area contributed by atoms with Gasteiger partial charge in [0.25, 0.3) is 0 Å². The van der Waals surface area contributed by atoms with Crippen molar-refractivity contribution in [1.29, 1.82) is 0 Å². The predicted octanol–water partition coefficient (Wildman–Crippen LogP) is 15.7. The van der Waals surface area contributed by atoms with Crippen LogP contribution < -0.4 is 11.1 Å². The largest absolute Gasteiger partial charge is 0.398 e. The first-order valence-corrected chi connectivity index (χ1v) is 27.7. The number of likely N-dealkylation sites (tertiary alicyclic amines) is 1. The number of hydrogen-bond acceptors (Lipinski definition) is 10. The molecule has 0 radical (unpaired) electrons. The quantitative estimate of drug-likeness (QED) is 0.0417. The second kappa shape index (κ2) is 24.5. The van der Waals surface area contributed by atoms with Gasteiger partial charge < -0.3 is 21.0 Å². The minimum Gasteiger partial charge on any atom is -0.398 e. The third-order valence-corrected chi connectivity index (χ3v) is 15.2. The van der Waals surface area contributed by atoms with Crippen LogP contribution in [-0.4, -0.2) is 69.9 Å². The molecule has 1 saturated heterocycles. The van der Waals surface area contributed by atoms with Crippen molar-refractivity contribution in [2.45, 2.75) is 52.7 Å². The molecule has 0 amide bonds. The van der Waals surface area contributed by atoms with Crippen LogP contribution in [0.15, 0.2) is 188 Å². The Hall–Kier alpha value is -8.36. The molecule has 1 aliphatic rings. The van der Waals surface area contributed by atoms with Gasteiger partial charge in [-0.3, -0.25) is 20.0 Å². The number of rotatable bonds is 18. The molecule has 0 saturated carbocycles. The van der Waals surface area contributed by atoms with E-state index in [1.54, 1.807) is 35.4 Å². The van der Waals surface area contributed by atoms with Crippen LogP contribution in [0.25, 0.3) is 83.6 Å². The molecule has 3 aromatic carbocycles. The molecule has 388 valence electrons. The molecule has 11 nitrogen and oxygen atoms in total. The molecule has 0 spiro atoms. The molecule has 0 unspecified atom stereocenters. The molecule has 0 atom stereocenters. The predicted molar refractivity (Wildman–Crippen MR) is 330 cm³/mol. The van der Waals surface area contributed by atoms with Gasteiger partial charge in [-0.2, -0.15) is 16.4 Å². The van der Waals surface area contributed by atoms with E-state index < -0.39 is 0 Å². The molecule has 1 fully saturated rings. The van der Waals surface area contributed by atoms with Crippen LogP contribution in [0.5, 0.6) is 0 Å². The summed E-state index contributed by atoms with van der Waals surface area (Å²) in [5, 5.41) is 19.1. The van der Waals surface area contributed by atoms with Crippen molar-refractivity contribution in [3.63, 3.8) is 0 Å². The van der Waals surface area contributed by atoms with Crippen molar-refractivity contribution in [3.8, 4) is 22.6 Å². The maximum atomic E-state index is 6.44. The maximum Gasteiger partial charge on any atom is 0.159 e. The van der Waals surface area contributed by atoms with Gasteiger partial charge >= 0.3 is 0 Å². The van der Waals surface area contributed by atoms with Gasteiger partial charge in [0.15, 0.2) is 5.82 Å². The van der Waals surface area contributed by atoms with Crippen LogP contribution in [0.2, 0.25) is 0 Å². The van der Waals surface area contributed by atoms with E-state index in [4.69, 9.17) is 15.7 Å². The molecule has 6 aromatic heterocycles. The van der Waals surface area contributed by atoms with Crippen LogP contribution in [0.4, 0.5) is 5.69 Å². The van der Waals surface area contributed by atoms with Gasteiger partial charge in [-0.15, -0.1) is 11.8 Å². The van der Waals surface area contributed by atoms with Crippen molar-refractivity contribution in [3.05, 3.63) is 221 Å². The van der Waals surface area contributed by atoms with E-state index >= 15 is 0 Å². The number of benzene rings is 3. The van der Waals surface area contributed by atoms with Crippen molar-refractivity contribution >= 4 is 89.7 Å². The van der Waals surface area contributed by atoms with Gasteiger partial charge in [0, 0.05) is 68.9 Å². The lowest BCUT2D eigenvalue weighted by molar-refractivity contribution is 0.371. The average molecular weight is 1050 g/mol. The van der Waals surface area contributed by atoms with Gasteiger partial charge in [-0.1, -0.05) is 107 Å². The van der Waals surface area contributed by atoms with E-state index in [2.05, 4.69) is 148 Å². The molecule has 1 aliphatic heterocycles. The van der Waals surface area contributed by atoms with E-state index in [0.29, 0.717) is 22.3 Å². The van der Waals surface area contributed by atoms with Crippen molar-refractivity contribution in [2.24, 2.45) is 0 Å². The van der Waals surface area contributed by atoms with Crippen molar-refractivity contribution < 1.29 is 0 Å². The Kier molecular flexibility index (Phi) is 17.0. The van der Waals surface area contributed by atoms with Gasteiger partial charge in [0.2, 0.25) is 0 Å². The monoisotopic (exact) mass is 1050 g/mol. The number of anilines is 1. The third-order valence-electron chi connectivity index (χ3n) is 13.5. The molecular formula is C64H65N11S2. The molecule has 13 heteroatoms. The van der Waals surface area contributed by atoms with Gasteiger partial charge in [-0.25, -0.2) is 9.97 Å². The van der Waals surface area contributed by atoms with Gasteiger partial charge in [0.1, 0.15) is 11.5 Å². The summed E-state index contributed by atoms with van der Waals surface area (Å²) in [4.78, 5) is 28.1. The number of H-pyrrole nitrogens is 3. The number of thioether (sulfide) groups is 1. The summed E-state index contributed by atoms with van der Waals surface area (Å²) in [6.07, 6.45) is 22.2. The highest BCUT2D eigenvalue weighted by Crippen LogP contribution is 2.35. The zero-order valence-corrected chi connectivity index (χ0v) is 46.1. The lowest BCUT2D eigenvalue weighted by Crippen LogP contribution is -2.21. The first-order valence-electron chi connectivity index (χ1n) is 25.8. The third kappa shape index (κ3) is 12.3.